The Morgan fingerprint density at radius 2 is 1.72 bits per heavy atom. The molecule has 0 atom stereocenters. The second-order valence-electron chi connectivity index (χ2n) is 7.06. The zero-order valence-electron chi connectivity index (χ0n) is 17.2. The summed E-state index contributed by atoms with van der Waals surface area (Å²) in [7, 11) is 0. The van der Waals surface area contributed by atoms with E-state index in [1.807, 2.05) is 24.3 Å². The minimum Gasteiger partial charge on any atom is -0.488 e. The Labute approximate surface area is 184 Å². The number of para-hydroxylation sites is 2. The summed E-state index contributed by atoms with van der Waals surface area (Å²) < 4.78 is 11.3. The van der Waals surface area contributed by atoms with Gasteiger partial charge in [0.15, 0.2) is 5.76 Å². The van der Waals surface area contributed by atoms with E-state index in [-0.39, 0.29) is 12.4 Å². The minimum atomic E-state index is -0.542. The van der Waals surface area contributed by atoms with Gasteiger partial charge in [0.2, 0.25) is 0 Å². The molecule has 1 heterocycles. The minimum absolute atomic E-state index is 0.143. The van der Waals surface area contributed by atoms with Gasteiger partial charge >= 0.3 is 5.91 Å². The molecule has 2 N–H and O–H groups in total. The lowest BCUT2D eigenvalue weighted by Gasteiger charge is -2.10. The number of nitrogens with one attached hydrogen (secondary N) is 2. The number of fused-ring (bicyclic) bond motifs is 1. The summed E-state index contributed by atoms with van der Waals surface area (Å²) >= 11 is 0. The third-order valence-electron chi connectivity index (χ3n) is 4.93. The van der Waals surface area contributed by atoms with Gasteiger partial charge in [0.05, 0.1) is 5.56 Å². The van der Waals surface area contributed by atoms with Crippen molar-refractivity contribution in [3.63, 3.8) is 0 Å². The van der Waals surface area contributed by atoms with Gasteiger partial charge in [-0.1, -0.05) is 42.5 Å². The molecule has 0 saturated carbocycles. The summed E-state index contributed by atoms with van der Waals surface area (Å²) in [5, 5.41) is 10.00. The monoisotopic (exact) mass is 425 g/mol. The molecule has 4 rings (SSSR count). The molecule has 0 fully saturated rings. The molecule has 0 aliphatic carbocycles. The van der Waals surface area contributed by atoms with E-state index in [0.717, 1.165) is 10.9 Å². The molecule has 0 radical (unpaired) electrons. The van der Waals surface area contributed by atoms with Crippen LogP contribution >= 0.6 is 0 Å². The summed E-state index contributed by atoms with van der Waals surface area (Å²) in [6.07, 6.45) is 0. The second-order valence-corrected chi connectivity index (χ2v) is 7.06. The van der Waals surface area contributed by atoms with E-state index in [2.05, 4.69) is 16.9 Å². The molecule has 0 spiro atoms. The van der Waals surface area contributed by atoms with Crippen LogP contribution in [0.2, 0.25) is 0 Å². The first kappa shape index (κ1) is 20.7. The molecule has 0 unspecified atom stereocenters. The number of carbonyl (C=O) groups excluding carboxylic acids is 2. The summed E-state index contributed by atoms with van der Waals surface area (Å²) in [4.78, 5) is 25.0. The summed E-state index contributed by atoms with van der Waals surface area (Å²) in [6.45, 7) is 1.97. The van der Waals surface area contributed by atoms with Crippen molar-refractivity contribution in [1.29, 1.82) is 5.26 Å². The number of hydrogen-bond acceptors (Lipinski definition) is 5. The number of furan rings is 1. The molecule has 2 amide bonds. The third-order valence-corrected chi connectivity index (χ3v) is 4.93. The van der Waals surface area contributed by atoms with Crippen LogP contribution in [-0.2, 0) is 6.61 Å². The van der Waals surface area contributed by atoms with Crippen LogP contribution in [0, 0.1) is 18.3 Å². The fourth-order valence-electron chi connectivity index (χ4n) is 3.28. The van der Waals surface area contributed by atoms with Crippen molar-refractivity contribution in [3.05, 3.63) is 101 Å². The number of hydrogen-bond donors (Lipinski definition) is 2. The number of hydrazine groups is 1. The van der Waals surface area contributed by atoms with Gasteiger partial charge in [0.25, 0.3) is 5.91 Å². The molecule has 0 aliphatic heterocycles. The van der Waals surface area contributed by atoms with E-state index in [0.29, 0.717) is 28.0 Å². The van der Waals surface area contributed by atoms with E-state index < -0.39 is 11.8 Å². The number of amides is 2. The van der Waals surface area contributed by atoms with E-state index in [1.54, 1.807) is 55.5 Å². The first-order chi connectivity index (χ1) is 15.6. The number of aryl methyl sites for hydroxylation is 1. The van der Waals surface area contributed by atoms with Gasteiger partial charge in [-0.05, 0) is 42.8 Å². The maximum atomic E-state index is 12.5. The van der Waals surface area contributed by atoms with Gasteiger partial charge in [-0.3, -0.25) is 20.4 Å². The molecule has 0 aliphatic rings. The largest absolute Gasteiger partial charge is 0.488 e. The average molecular weight is 425 g/mol. The van der Waals surface area contributed by atoms with E-state index in [4.69, 9.17) is 14.4 Å². The maximum Gasteiger partial charge on any atom is 0.305 e. The predicted octanol–water partition coefficient (Wildman–Crippen LogP) is 4.27. The Morgan fingerprint density at radius 1 is 0.969 bits per heavy atom. The van der Waals surface area contributed by atoms with E-state index in [1.165, 1.54) is 0 Å². The quantitative estimate of drug-likeness (QED) is 0.465. The highest BCUT2D eigenvalue weighted by Gasteiger charge is 2.18. The molecule has 4 aromatic rings. The Morgan fingerprint density at radius 3 is 2.53 bits per heavy atom. The first-order valence-corrected chi connectivity index (χ1v) is 9.86. The molecular weight excluding hydrogens is 406 g/mol. The zero-order valence-corrected chi connectivity index (χ0v) is 17.2. The van der Waals surface area contributed by atoms with Gasteiger partial charge < -0.3 is 9.15 Å². The Bertz CT molecular complexity index is 1350. The molecular formula is C25H19N3O4. The molecule has 0 saturated heterocycles. The summed E-state index contributed by atoms with van der Waals surface area (Å²) in [5.41, 5.74) is 7.62. The predicted molar refractivity (Wildman–Crippen MR) is 118 cm³/mol. The highest BCUT2D eigenvalue weighted by atomic mass is 16.5. The van der Waals surface area contributed by atoms with Crippen molar-refractivity contribution >= 4 is 22.8 Å². The molecule has 7 nitrogen and oxygen atoms in total. The van der Waals surface area contributed by atoms with Crippen LogP contribution in [0.15, 0.2) is 77.2 Å². The smallest absolute Gasteiger partial charge is 0.305 e. The van der Waals surface area contributed by atoms with Crippen LogP contribution in [0.25, 0.3) is 11.0 Å². The summed E-state index contributed by atoms with van der Waals surface area (Å²) in [5.74, 6) is -0.408. The van der Waals surface area contributed by atoms with Crippen molar-refractivity contribution in [1.82, 2.24) is 10.9 Å². The molecule has 0 bridgehead atoms. The Kier molecular flexibility index (Phi) is 5.86. The Hall–Kier alpha value is -4.57. The van der Waals surface area contributed by atoms with Crippen LogP contribution < -0.4 is 15.6 Å². The van der Waals surface area contributed by atoms with Gasteiger partial charge in [0.1, 0.15) is 24.0 Å². The number of ether oxygens (including phenoxy) is 1. The lowest BCUT2D eigenvalue weighted by Crippen LogP contribution is -2.41. The average Bonchev–Trinajstić information content (AvgIpc) is 3.18. The number of carbonyl (C=O) groups is 2. The van der Waals surface area contributed by atoms with Crippen LogP contribution in [0.1, 0.15) is 37.6 Å². The van der Waals surface area contributed by atoms with Crippen LogP contribution in [0.5, 0.6) is 5.75 Å². The van der Waals surface area contributed by atoms with Crippen molar-refractivity contribution in [2.45, 2.75) is 13.5 Å². The summed E-state index contributed by atoms with van der Waals surface area (Å²) in [6, 6.07) is 23.1. The number of nitrogens with zero attached hydrogens (tertiary/aromatic N) is 1. The molecule has 1 aromatic heterocycles. The fourth-order valence-corrected chi connectivity index (χ4v) is 3.28. The number of nitriles is 1. The normalized spacial score (nSPS) is 10.4. The van der Waals surface area contributed by atoms with Crippen LogP contribution in [-0.4, -0.2) is 11.8 Å². The second kappa shape index (κ2) is 9.06. The lowest BCUT2D eigenvalue weighted by atomic mass is 10.1. The maximum absolute atomic E-state index is 12.5. The Balaban J connectivity index is 1.40. The van der Waals surface area contributed by atoms with Gasteiger partial charge in [-0.25, -0.2) is 0 Å². The first-order valence-electron chi connectivity index (χ1n) is 9.86. The standard InChI is InChI=1S/C25H19N3O4/c1-16-20-10-3-5-12-22(20)32-23(16)25(30)28-27-24(29)18-9-6-7-17(13-18)15-31-21-11-4-2-8-19(21)14-26/h2-13H,15H2,1H3,(H,27,29)(H,28,30). The molecule has 158 valence electrons. The topological polar surface area (TPSA) is 104 Å². The van der Waals surface area contributed by atoms with Crippen molar-refractivity contribution < 1.29 is 18.7 Å². The van der Waals surface area contributed by atoms with E-state index in [9.17, 15) is 9.59 Å². The van der Waals surface area contributed by atoms with Crippen molar-refractivity contribution in [2.75, 3.05) is 0 Å². The molecule has 3 aromatic carbocycles. The number of rotatable bonds is 5. The van der Waals surface area contributed by atoms with Crippen molar-refractivity contribution in [2.24, 2.45) is 0 Å². The van der Waals surface area contributed by atoms with Crippen molar-refractivity contribution in [3.8, 4) is 11.8 Å². The van der Waals surface area contributed by atoms with Gasteiger partial charge in [-0.15, -0.1) is 0 Å². The van der Waals surface area contributed by atoms with Gasteiger partial charge in [0, 0.05) is 16.5 Å². The zero-order chi connectivity index (χ0) is 22.5. The highest BCUT2D eigenvalue weighted by Crippen LogP contribution is 2.24. The molecule has 32 heavy (non-hydrogen) atoms. The molecule has 7 heteroatoms. The lowest BCUT2D eigenvalue weighted by molar-refractivity contribution is 0.0831. The van der Waals surface area contributed by atoms with Crippen LogP contribution in [0.3, 0.4) is 0 Å². The van der Waals surface area contributed by atoms with E-state index >= 15 is 0 Å². The third kappa shape index (κ3) is 4.30. The van der Waals surface area contributed by atoms with Crippen LogP contribution in [0.4, 0.5) is 0 Å². The number of benzene rings is 3. The van der Waals surface area contributed by atoms with Gasteiger partial charge in [-0.2, -0.15) is 5.26 Å². The SMILES string of the molecule is Cc1c(C(=O)NNC(=O)c2cccc(COc3ccccc3C#N)c2)oc2ccccc12. The fraction of sp³-hybridized carbons (Fsp3) is 0.0800. The highest BCUT2D eigenvalue weighted by molar-refractivity contribution is 6.01.